The number of aryl methyl sites for hydroxylation is 3. The molecule has 1 aliphatic rings. The third kappa shape index (κ3) is 4.61. The van der Waals surface area contributed by atoms with Gasteiger partial charge in [0, 0.05) is 16.6 Å². The summed E-state index contributed by atoms with van der Waals surface area (Å²) in [6, 6.07) is 14.3. The molecule has 7 heteroatoms. The summed E-state index contributed by atoms with van der Waals surface area (Å²) in [4.78, 5) is 33.6. The Labute approximate surface area is 200 Å². The quantitative estimate of drug-likeness (QED) is 0.272. The molecule has 5 rings (SSSR count). The Morgan fingerprint density at radius 2 is 1.97 bits per heavy atom. The van der Waals surface area contributed by atoms with Crippen molar-refractivity contribution < 1.29 is 4.79 Å². The molecule has 0 atom stereocenters. The van der Waals surface area contributed by atoms with E-state index in [4.69, 9.17) is 0 Å². The highest BCUT2D eigenvalue weighted by molar-refractivity contribution is 7.99. The van der Waals surface area contributed by atoms with Gasteiger partial charge in [-0.05, 0) is 60.4 Å². The van der Waals surface area contributed by atoms with Crippen LogP contribution in [0.1, 0.15) is 36.5 Å². The normalized spacial score (nSPS) is 13.1. The average molecular weight is 476 g/mol. The molecule has 2 N–H and O–H groups in total. The van der Waals surface area contributed by atoms with E-state index in [1.54, 1.807) is 0 Å². The molecule has 0 radical (unpaired) electrons. The Morgan fingerprint density at radius 1 is 1.15 bits per heavy atom. The number of rotatable bonds is 6. The van der Waals surface area contributed by atoms with Crippen LogP contribution >= 0.6 is 23.1 Å². The lowest BCUT2D eigenvalue weighted by Crippen LogP contribution is -2.16. The van der Waals surface area contributed by atoms with Crippen LogP contribution in [0.25, 0.3) is 21.3 Å². The number of anilines is 1. The highest BCUT2D eigenvalue weighted by Gasteiger charge is 2.16. The summed E-state index contributed by atoms with van der Waals surface area (Å²) in [6.45, 7) is 2.06. The molecule has 4 aromatic rings. The van der Waals surface area contributed by atoms with Crippen LogP contribution in [-0.4, -0.2) is 21.6 Å². The molecule has 0 bridgehead atoms. The van der Waals surface area contributed by atoms with Gasteiger partial charge < -0.3 is 10.3 Å². The van der Waals surface area contributed by atoms with Crippen molar-refractivity contribution in [3.63, 3.8) is 0 Å². The second-order valence-electron chi connectivity index (χ2n) is 8.24. The topological polar surface area (TPSA) is 74.8 Å². The van der Waals surface area contributed by atoms with Crippen molar-refractivity contribution in [1.29, 1.82) is 0 Å². The van der Waals surface area contributed by atoms with Gasteiger partial charge in [-0.15, -0.1) is 11.3 Å². The average Bonchev–Trinajstić information content (AvgIpc) is 3.27. The first-order chi connectivity index (χ1) is 16.1. The molecule has 0 fully saturated rings. The summed E-state index contributed by atoms with van der Waals surface area (Å²) in [5, 5.41) is 6.06. The van der Waals surface area contributed by atoms with E-state index in [0.29, 0.717) is 15.4 Å². The molecular weight excluding hydrogens is 450 g/mol. The van der Waals surface area contributed by atoms with E-state index in [-0.39, 0.29) is 17.2 Å². The predicted molar refractivity (Wildman–Crippen MR) is 137 cm³/mol. The van der Waals surface area contributed by atoms with E-state index >= 15 is 0 Å². The highest BCUT2D eigenvalue weighted by atomic mass is 32.2. The molecule has 5 nitrogen and oxygen atoms in total. The fraction of sp³-hybridized carbons (Fsp3) is 0.269. The first-order valence-corrected chi connectivity index (χ1v) is 13.1. The molecule has 0 aliphatic heterocycles. The zero-order valence-electron chi connectivity index (χ0n) is 18.4. The smallest absolute Gasteiger partial charge is 0.260 e. The van der Waals surface area contributed by atoms with Gasteiger partial charge in [0.15, 0.2) is 5.16 Å². The van der Waals surface area contributed by atoms with Crippen LogP contribution in [0.5, 0.6) is 0 Å². The minimum Gasteiger partial charge on any atom is -0.325 e. The highest BCUT2D eigenvalue weighted by Crippen LogP contribution is 2.34. The summed E-state index contributed by atoms with van der Waals surface area (Å²) in [6.07, 6.45) is 5.56. The van der Waals surface area contributed by atoms with Crippen LogP contribution in [0.15, 0.2) is 57.8 Å². The van der Waals surface area contributed by atoms with Gasteiger partial charge in [0.05, 0.1) is 11.1 Å². The number of para-hydroxylation sites is 1. The zero-order valence-corrected chi connectivity index (χ0v) is 20.1. The molecule has 0 saturated heterocycles. The van der Waals surface area contributed by atoms with Crippen LogP contribution in [0.3, 0.4) is 0 Å². The van der Waals surface area contributed by atoms with Gasteiger partial charge in [-0.25, -0.2) is 4.98 Å². The summed E-state index contributed by atoms with van der Waals surface area (Å²) in [5.41, 5.74) is 6.59. The molecule has 168 valence electrons. The number of aromatic amines is 1. The fourth-order valence-corrected chi connectivity index (χ4v) is 6.05. The summed E-state index contributed by atoms with van der Waals surface area (Å²) >= 11 is 2.71. The lowest BCUT2D eigenvalue weighted by Gasteiger charge is -2.16. The maximum atomic E-state index is 13.0. The van der Waals surface area contributed by atoms with Gasteiger partial charge >= 0.3 is 0 Å². The van der Waals surface area contributed by atoms with E-state index in [1.807, 2.05) is 29.6 Å². The van der Waals surface area contributed by atoms with Gasteiger partial charge in [0.2, 0.25) is 5.91 Å². The first kappa shape index (κ1) is 21.9. The second-order valence-corrected chi connectivity index (χ2v) is 10.1. The minimum atomic E-state index is -0.159. The predicted octanol–water partition coefficient (Wildman–Crippen LogP) is 5.82. The molecule has 2 heterocycles. The van der Waals surface area contributed by atoms with Crippen LogP contribution in [0.4, 0.5) is 5.69 Å². The number of hydrogen-bond donors (Lipinski definition) is 2. The van der Waals surface area contributed by atoms with Crippen molar-refractivity contribution in [3.8, 4) is 11.1 Å². The number of nitrogens with zero attached hydrogens (tertiary/aromatic N) is 1. The Bertz CT molecular complexity index is 1390. The van der Waals surface area contributed by atoms with E-state index in [1.165, 1.54) is 47.1 Å². The van der Waals surface area contributed by atoms with Crippen LogP contribution in [-0.2, 0) is 24.1 Å². The number of thiophene rings is 1. The Balaban J connectivity index is 1.34. The van der Waals surface area contributed by atoms with Crippen molar-refractivity contribution >= 4 is 44.9 Å². The van der Waals surface area contributed by atoms with Gasteiger partial charge in [0.25, 0.3) is 5.56 Å². The SMILES string of the molecule is CCc1ccccc1NC(=O)CSc1nc2scc(-c3ccc4c(c3)CCCC4)c2c(=O)[nH]1. The van der Waals surface area contributed by atoms with Gasteiger partial charge in [0.1, 0.15) is 4.83 Å². The van der Waals surface area contributed by atoms with Crippen molar-refractivity contribution in [2.45, 2.75) is 44.2 Å². The number of fused-ring (bicyclic) bond motifs is 2. The van der Waals surface area contributed by atoms with Crippen molar-refractivity contribution in [2.24, 2.45) is 0 Å². The van der Waals surface area contributed by atoms with Gasteiger partial charge in [-0.3, -0.25) is 9.59 Å². The lowest BCUT2D eigenvalue weighted by atomic mass is 9.89. The minimum absolute atomic E-state index is 0.121. The Morgan fingerprint density at radius 3 is 2.82 bits per heavy atom. The zero-order chi connectivity index (χ0) is 22.8. The number of amides is 1. The van der Waals surface area contributed by atoms with E-state index in [0.717, 1.165) is 41.6 Å². The number of thioether (sulfide) groups is 1. The second kappa shape index (κ2) is 9.53. The van der Waals surface area contributed by atoms with Gasteiger partial charge in [-0.1, -0.05) is 55.1 Å². The molecule has 0 spiro atoms. The molecule has 1 amide bonds. The summed E-state index contributed by atoms with van der Waals surface area (Å²) in [5.74, 6) is 0.0554. The lowest BCUT2D eigenvalue weighted by molar-refractivity contribution is -0.113. The molecule has 33 heavy (non-hydrogen) atoms. The maximum Gasteiger partial charge on any atom is 0.260 e. The van der Waals surface area contributed by atoms with Crippen molar-refractivity contribution in [2.75, 3.05) is 11.1 Å². The molecule has 0 unspecified atom stereocenters. The maximum absolute atomic E-state index is 13.0. The van der Waals surface area contributed by atoms with Crippen molar-refractivity contribution in [3.05, 3.63) is 74.9 Å². The number of benzene rings is 2. The molecular formula is C26H25N3O2S2. The number of carbonyl (C=O) groups excluding carboxylic acids is 1. The van der Waals surface area contributed by atoms with E-state index < -0.39 is 0 Å². The Kier molecular flexibility index (Phi) is 6.33. The largest absolute Gasteiger partial charge is 0.325 e. The number of nitrogens with one attached hydrogen (secondary N) is 2. The van der Waals surface area contributed by atoms with E-state index in [9.17, 15) is 9.59 Å². The van der Waals surface area contributed by atoms with Crippen LogP contribution in [0, 0.1) is 0 Å². The first-order valence-electron chi connectivity index (χ1n) is 11.3. The van der Waals surface area contributed by atoms with Crippen molar-refractivity contribution in [1.82, 2.24) is 9.97 Å². The standard InChI is InChI=1S/C26H25N3O2S2/c1-2-16-7-5-6-10-21(16)27-22(30)15-33-26-28-24(31)23-20(14-32-25(23)29-26)19-12-11-17-8-3-4-9-18(17)13-19/h5-7,10-14H,2-4,8-9,15H2,1H3,(H,27,30)(H,28,29,31). The van der Waals surface area contributed by atoms with Crippen LogP contribution in [0.2, 0.25) is 0 Å². The number of H-pyrrole nitrogens is 1. The molecule has 2 aromatic heterocycles. The monoisotopic (exact) mass is 475 g/mol. The fourth-order valence-electron chi connectivity index (χ4n) is 4.38. The number of carbonyl (C=O) groups is 1. The molecule has 2 aromatic carbocycles. The van der Waals surface area contributed by atoms with Gasteiger partial charge in [-0.2, -0.15) is 0 Å². The third-order valence-corrected chi connectivity index (χ3v) is 7.84. The molecule has 1 aliphatic carbocycles. The number of hydrogen-bond acceptors (Lipinski definition) is 5. The van der Waals surface area contributed by atoms with Crippen LogP contribution < -0.4 is 10.9 Å². The summed E-state index contributed by atoms with van der Waals surface area (Å²) in [7, 11) is 0. The molecule has 0 saturated carbocycles. The summed E-state index contributed by atoms with van der Waals surface area (Å²) < 4.78 is 0. The third-order valence-electron chi connectivity index (χ3n) is 6.09. The Hall–Kier alpha value is -2.90. The number of aromatic nitrogens is 2. The van der Waals surface area contributed by atoms with E-state index in [2.05, 4.69) is 40.4 Å².